The fraction of sp³-hybridized carbons (Fsp3) is 0.125. The van der Waals surface area contributed by atoms with E-state index in [-0.39, 0.29) is 27.7 Å². The number of hydrogen-bond acceptors (Lipinski definition) is 6. The van der Waals surface area contributed by atoms with Crippen molar-refractivity contribution in [1.82, 2.24) is 4.98 Å². The third kappa shape index (κ3) is 4.01. The summed E-state index contributed by atoms with van der Waals surface area (Å²) in [7, 11) is 2.83. The molecule has 0 bridgehead atoms. The van der Waals surface area contributed by atoms with Crippen molar-refractivity contribution >= 4 is 46.3 Å². The number of Topliss-reactive ketones (excluding diaryl/α,β-unsaturated/α-hetero) is 1. The third-order valence-electron chi connectivity index (χ3n) is 5.28. The second-order valence-corrected chi connectivity index (χ2v) is 7.96. The van der Waals surface area contributed by atoms with Gasteiger partial charge in [-0.05, 0) is 42.0 Å². The Morgan fingerprint density at radius 3 is 2.33 bits per heavy atom. The molecule has 1 N–H and O–H groups in total. The standard InChI is InChI=1S/C24H18Cl2N2O5/c1-32-18-11-17(26)19(33-2)10-16(18)22(29)20-21(13-4-3-9-27-12-13)28(24(31)23(20)30)15-7-5-14(25)6-8-15/h3-12,21,29H,1-2H3/b22-20+. The van der Waals surface area contributed by atoms with E-state index in [0.29, 0.717) is 16.3 Å². The molecule has 1 amide bonds. The van der Waals surface area contributed by atoms with Crippen LogP contribution in [0.15, 0.2) is 66.5 Å². The van der Waals surface area contributed by atoms with Crippen LogP contribution in [0.3, 0.4) is 0 Å². The van der Waals surface area contributed by atoms with Crippen molar-refractivity contribution in [3.8, 4) is 11.5 Å². The molecular formula is C24H18Cl2N2O5. The molecule has 1 aliphatic rings. The number of pyridine rings is 1. The normalized spacial score (nSPS) is 17.3. The molecule has 7 nitrogen and oxygen atoms in total. The number of hydrogen-bond donors (Lipinski definition) is 1. The molecule has 3 aromatic rings. The number of aliphatic hydroxyl groups excluding tert-OH is 1. The summed E-state index contributed by atoms with van der Waals surface area (Å²) in [6.07, 6.45) is 3.11. The second-order valence-electron chi connectivity index (χ2n) is 7.12. The van der Waals surface area contributed by atoms with Crippen LogP contribution in [0.5, 0.6) is 11.5 Å². The molecule has 168 valence electrons. The molecule has 2 aromatic carbocycles. The molecule has 0 saturated carbocycles. The highest BCUT2D eigenvalue weighted by Crippen LogP contribution is 2.44. The zero-order chi connectivity index (χ0) is 23.7. The first-order chi connectivity index (χ1) is 15.9. The number of aromatic nitrogens is 1. The zero-order valence-corrected chi connectivity index (χ0v) is 19.1. The number of methoxy groups -OCH3 is 2. The number of carbonyl (C=O) groups excluding carboxylic acids is 2. The summed E-state index contributed by atoms with van der Waals surface area (Å²) in [5.41, 5.74) is 1.01. The molecule has 9 heteroatoms. The fourth-order valence-electron chi connectivity index (χ4n) is 3.74. The maximum atomic E-state index is 13.2. The third-order valence-corrected chi connectivity index (χ3v) is 5.83. The number of rotatable bonds is 5. The fourth-order valence-corrected chi connectivity index (χ4v) is 4.10. The van der Waals surface area contributed by atoms with Crippen LogP contribution in [-0.4, -0.2) is 36.0 Å². The number of benzene rings is 2. The first kappa shape index (κ1) is 22.6. The number of amides is 1. The van der Waals surface area contributed by atoms with Crippen LogP contribution in [-0.2, 0) is 9.59 Å². The molecule has 1 atom stereocenters. The highest BCUT2D eigenvalue weighted by Gasteiger charge is 2.47. The summed E-state index contributed by atoms with van der Waals surface area (Å²) >= 11 is 12.2. The van der Waals surface area contributed by atoms with Crippen molar-refractivity contribution in [3.05, 3.63) is 87.7 Å². The van der Waals surface area contributed by atoms with Gasteiger partial charge in [-0.25, -0.2) is 0 Å². The molecule has 33 heavy (non-hydrogen) atoms. The minimum Gasteiger partial charge on any atom is -0.507 e. The first-order valence-electron chi connectivity index (χ1n) is 9.75. The Morgan fingerprint density at radius 1 is 1.03 bits per heavy atom. The second kappa shape index (κ2) is 9.13. The van der Waals surface area contributed by atoms with Gasteiger partial charge in [0.05, 0.1) is 36.4 Å². The number of carbonyl (C=O) groups is 2. The largest absolute Gasteiger partial charge is 0.507 e. The lowest BCUT2D eigenvalue weighted by molar-refractivity contribution is -0.132. The maximum Gasteiger partial charge on any atom is 0.300 e. The quantitative estimate of drug-likeness (QED) is 0.310. The number of aliphatic hydroxyl groups is 1. The smallest absolute Gasteiger partial charge is 0.300 e. The summed E-state index contributed by atoms with van der Waals surface area (Å²) in [5, 5.41) is 12.1. The molecule has 0 radical (unpaired) electrons. The molecule has 1 aromatic heterocycles. The first-order valence-corrected chi connectivity index (χ1v) is 10.5. The molecule has 1 aliphatic heterocycles. The van der Waals surface area contributed by atoms with E-state index in [0.717, 1.165) is 0 Å². The number of halogens is 2. The van der Waals surface area contributed by atoms with Crippen LogP contribution in [0.4, 0.5) is 5.69 Å². The van der Waals surface area contributed by atoms with Crippen molar-refractivity contribution in [3.63, 3.8) is 0 Å². The summed E-state index contributed by atoms with van der Waals surface area (Å²) in [6.45, 7) is 0. The molecule has 1 fully saturated rings. The minimum absolute atomic E-state index is 0.120. The van der Waals surface area contributed by atoms with Gasteiger partial charge in [-0.3, -0.25) is 19.5 Å². The average molecular weight is 485 g/mol. The highest BCUT2D eigenvalue weighted by atomic mass is 35.5. The van der Waals surface area contributed by atoms with Crippen LogP contribution in [0, 0.1) is 0 Å². The van der Waals surface area contributed by atoms with Crippen LogP contribution >= 0.6 is 23.2 Å². The monoisotopic (exact) mass is 484 g/mol. The predicted octanol–water partition coefficient (Wildman–Crippen LogP) is 5.03. The number of ketones is 1. The van der Waals surface area contributed by atoms with Crippen molar-refractivity contribution < 1.29 is 24.2 Å². The molecular weight excluding hydrogens is 467 g/mol. The van der Waals surface area contributed by atoms with Crippen molar-refractivity contribution in [1.29, 1.82) is 0 Å². The zero-order valence-electron chi connectivity index (χ0n) is 17.6. The molecule has 0 spiro atoms. The lowest BCUT2D eigenvalue weighted by Crippen LogP contribution is -2.29. The maximum absolute atomic E-state index is 13.2. The van der Waals surface area contributed by atoms with Crippen LogP contribution in [0.25, 0.3) is 5.76 Å². The van der Waals surface area contributed by atoms with Gasteiger partial charge in [0.2, 0.25) is 0 Å². The van der Waals surface area contributed by atoms with E-state index in [1.54, 1.807) is 42.6 Å². The van der Waals surface area contributed by atoms with Gasteiger partial charge in [0.25, 0.3) is 11.7 Å². The Kier molecular flexibility index (Phi) is 6.26. The van der Waals surface area contributed by atoms with Gasteiger partial charge in [0.1, 0.15) is 17.3 Å². The minimum atomic E-state index is -0.939. The number of ether oxygens (including phenoxy) is 2. The Labute approximate surface area is 199 Å². The average Bonchev–Trinajstić information content (AvgIpc) is 3.10. The number of anilines is 1. The van der Waals surface area contributed by atoms with Gasteiger partial charge in [0.15, 0.2) is 0 Å². The summed E-state index contributed by atoms with van der Waals surface area (Å²) in [4.78, 5) is 31.8. The molecule has 1 unspecified atom stereocenters. The molecule has 2 heterocycles. The lowest BCUT2D eigenvalue weighted by Gasteiger charge is -2.25. The summed E-state index contributed by atoms with van der Waals surface area (Å²) < 4.78 is 10.6. The van der Waals surface area contributed by atoms with E-state index in [9.17, 15) is 14.7 Å². The van der Waals surface area contributed by atoms with E-state index in [2.05, 4.69) is 4.98 Å². The highest BCUT2D eigenvalue weighted by molar-refractivity contribution is 6.51. The van der Waals surface area contributed by atoms with Gasteiger partial charge in [-0.1, -0.05) is 29.3 Å². The summed E-state index contributed by atoms with van der Waals surface area (Å²) in [6, 6.07) is 11.9. The van der Waals surface area contributed by atoms with Gasteiger partial charge >= 0.3 is 0 Å². The Bertz CT molecular complexity index is 1260. The van der Waals surface area contributed by atoms with Crippen LogP contribution in [0.2, 0.25) is 10.0 Å². The topological polar surface area (TPSA) is 89.0 Å². The van der Waals surface area contributed by atoms with Crippen molar-refractivity contribution in [2.24, 2.45) is 0 Å². The Morgan fingerprint density at radius 2 is 1.73 bits per heavy atom. The van der Waals surface area contributed by atoms with Gasteiger partial charge < -0.3 is 14.6 Å². The molecule has 4 rings (SSSR count). The Balaban J connectivity index is 1.98. The van der Waals surface area contributed by atoms with Crippen LogP contribution < -0.4 is 14.4 Å². The van der Waals surface area contributed by atoms with Gasteiger partial charge in [0, 0.05) is 29.2 Å². The van der Waals surface area contributed by atoms with Gasteiger partial charge in [-0.15, -0.1) is 0 Å². The predicted molar refractivity (Wildman–Crippen MR) is 125 cm³/mol. The van der Waals surface area contributed by atoms with Gasteiger partial charge in [-0.2, -0.15) is 0 Å². The Hall–Kier alpha value is -3.55. The van der Waals surface area contributed by atoms with E-state index < -0.39 is 23.5 Å². The van der Waals surface area contributed by atoms with Crippen molar-refractivity contribution in [2.45, 2.75) is 6.04 Å². The molecule has 1 saturated heterocycles. The SMILES string of the molecule is COc1cc(/C(O)=C2\C(=O)C(=O)N(c3ccc(Cl)cc3)C2c2cccnc2)c(OC)cc1Cl. The van der Waals surface area contributed by atoms with Crippen molar-refractivity contribution in [2.75, 3.05) is 19.1 Å². The van der Waals surface area contributed by atoms with E-state index in [4.69, 9.17) is 32.7 Å². The number of nitrogens with zero attached hydrogens (tertiary/aromatic N) is 2. The van der Waals surface area contributed by atoms with E-state index in [1.165, 1.54) is 37.4 Å². The van der Waals surface area contributed by atoms with E-state index >= 15 is 0 Å². The lowest BCUT2D eigenvalue weighted by atomic mass is 9.95. The van der Waals surface area contributed by atoms with Crippen LogP contribution in [0.1, 0.15) is 17.2 Å². The summed E-state index contributed by atoms with van der Waals surface area (Å²) in [5.74, 6) is -1.60. The van der Waals surface area contributed by atoms with E-state index in [1.807, 2.05) is 0 Å². The molecule has 0 aliphatic carbocycles.